The smallest absolute Gasteiger partial charge is 0.322 e. The molecule has 0 aliphatic carbocycles. The van der Waals surface area contributed by atoms with Gasteiger partial charge in [-0.3, -0.25) is 4.79 Å². The molecule has 4 aromatic rings. The highest BCUT2D eigenvalue weighted by Gasteiger charge is 2.41. The Labute approximate surface area is 166 Å². The first-order chi connectivity index (χ1) is 14.3. The quantitative estimate of drug-likeness (QED) is 0.513. The zero-order valence-electron chi connectivity index (χ0n) is 15.0. The Morgan fingerprint density at radius 1 is 0.933 bits per heavy atom. The van der Waals surface area contributed by atoms with Crippen molar-refractivity contribution in [3.8, 4) is 11.4 Å². The number of rotatable bonds is 4. The lowest BCUT2D eigenvalue weighted by molar-refractivity contribution is -0.143. The molecule has 11 heteroatoms. The third kappa shape index (κ3) is 3.64. The molecule has 0 unspecified atom stereocenters. The summed E-state index contributed by atoms with van der Waals surface area (Å²) in [6.07, 6.45) is -1.21. The van der Waals surface area contributed by atoms with Crippen molar-refractivity contribution in [2.24, 2.45) is 0 Å². The van der Waals surface area contributed by atoms with E-state index in [0.717, 1.165) is 18.3 Å². The van der Waals surface area contributed by atoms with Crippen molar-refractivity contribution in [3.05, 3.63) is 84.2 Å². The van der Waals surface area contributed by atoms with E-state index in [1.54, 1.807) is 12.1 Å². The fourth-order valence-electron chi connectivity index (χ4n) is 2.82. The SMILES string of the molecule is O=C(Nc1ccc(-n2nccn2)cc1)c1cnn(-c2ccccc2F)c1C(F)(F)F. The summed E-state index contributed by atoms with van der Waals surface area (Å²) in [7, 11) is 0. The molecule has 0 atom stereocenters. The van der Waals surface area contributed by atoms with Gasteiger partial charge >= 0.3 is 6.18 Å². The fraction of sp³-hybridized carbons (Fsp3) is 0.0526. The first-order valence-corrected chi connectivity index (χ1v) is 8.53. The number of alkyl halides is 3. The van der Waals surface area contributed by atoms with Gasteiger partial charge in [0.05, 0.1) is 29.8 Å². The van der Waals surface area contributed by atoms with Crippen LogP contribution < -0.4 is 5.32 Å². The molecule has 0 saturated carbocycles. The molecule has 0 radical (unpaired) electrons. The molecule has 0 aliphatic heterocycles. The van der Waals surface area contributed by atoms with Gasteiger partial charge in [0, 0.05) is 5.69 Å². The van der Waals surface area contributed by atoms with Crippen LogP contribution in [0.25, 0.3) is 11.4 Å². The minimum Gasteiger partial charge on any atom is -0.322 e. The van der Waals surface area contributed by atoms with Crippen LogP contribution in [0, 0.1) is 5.82 Å². The lowest BCUT2D eigenvalue weighted by Crippen LogP contribution is -2.21. The number of amides is 1. The van der Waals surface area contributed by atoms with E-state index in [0.29, 0.717) is 10.4 Å². The molecule has 1 N–H and O–H groups in total. The van der Waals surface area contributed by atoms with Crippen LogP contribution in [0.3, 0.4) is 0 Å². The maximum absolute atomic E-state index is 14.0. The van der Waals surface area contributed by atoms with Crippen LogP contribution >= 0.6 is 0 Å². The van der Waals surface area contributed by atoms with E-state index in [4.69, 9.17) is 0 Å². The first kappa shape index (κ1) is 19.3. The molecule has 0 spiro atoms. The summed E-state index contributed by atoms with van der Waals surface area (Å²) in [5, 5.41) is 13.9. The van der Waals surface area contributed by atoms with Crippen molar-refractivity contribution in [3.63, 3.8) is 0 Å². The lowest BCUT2D eigenvalue weighted by atomic mass is 10.2. The number of halogens is 4. The number of hydrogen-bond donors (Lipinski definition) is 1. The standard InChI is InChI=1S/C19H12F4N6O/c20-15-3-1-2-4-16(15)28-17(19(21,22)23)14(11-26-28)18(30)27-12-5-7-13(8-6-12)29-24-9-10-25-29/h1-11H,(H,27,30). The Balaban J connectivity index is 1.65. The zero-order valence-corrected chi connectivity index (χ0v) is 15.0. The second-order valence-corrected chi connectivity index (χ2v) is 6.09. The maximum Gasteiger partial charge on any atom is 0.434 e. The maximum atomic E-state index is 14.0. The molecule has 0 bridgehead atoms. The van der Waals surface area contributed by atoms with Gasteiger partial charge < -0.3 is 5.32 Å². The molecular weight excluding hydrogens is 404 g/mol. The van der Waals surface area contributed by atoms with E-state index < -0.39 is 34.8 Å². The Morgan fingerprint density at radius 3 is 2.23 bits per heavy atom. The summed E-state index contributed by atoms with van der Waals surface area (Å²) in [6.45, 7) is 0. The van der Waals surface area contributed by atoms with Gasteiger partial charge in [-0.25, -0.2) is 9.07 Å². The summed E-state index contributed by atoms with van der Waals surface area (Å²) >= 11 is 0. The van der Waals surface area contributed by atoms with E-state index in [9.17, 15) is 22.4 Å². The average Bonchev–Trinajstić information content (AvgIpc) is 3.39. The highest BCUT2D eigenvalue weighted by Crippen LogP contribution is 2.34. The number of aromatic nitrogens is 5. The number of carbonyl (C=O) groups is 1. The molecule has 2 heterocycles. The van der Waals surface area contributed by atoms with E-state index in [2.05, 4.69) is 20.6 Å². The van der Waals surface area contributed by atoms with Gasteiger partial charge in [0.1, 0.15) is 11.5 Å². The Hall–Kier alpha value is -4.02. The van der Waals surface area contributed by atoms with Gasteiger partial charge in [-0.1, -0.05) is 12.1 Å². The van der Waals surface area contributed by atoms with Gasteiger partial charge in [-0.15, -0.1) is 0 Å². The summed E-state index contributed by atoms with van der Waals surface area (Å²) < 4.78 is 55.5. The lowest BCUT2D eigenvalue weighted by Gasteiger charge is -2.13. The third-order valence-corrected chi connectivity index (χ3v) is 4.14. The molecule has 7 nitrogen and oxygen atoms in total. The fourth-order valence-corrected chi connectivity index (χ4v) is 2.82. The Kier molecular flexibility index (Phi) is 4.78. The third-order valence-electron chi connectivity index (χ3n) is 4.14. The van der Waals surface area contributed by atoms with Crippen molar-refractivity contribution >= 4 is 11.6 Å². The van der Waals surface area contributed by atoms with Gasteiger partial charge in [-0.05, 0) is 36.4 Å². The van der Waals surface area contributed by atoms with Crippen LogP contribution in [0.5, 0.6) is 0 Å². The molecule has 0 aliphatic rings. The number of nitrogens with one attached hydrogen (secondary N) is 1. The van der Waals surface area contributed by atoms with Crippen LogP contribution in [0.15, 0.2) is 67.1 Å². The van der Waals surface area contributed by atoms with Crippen molar-refractivity contribution in [1.29, 1.82) is 0 Å². The van der Waals surface area contributed by atoms with Gasteiger partial charge in [0.2, 0.25) is 0 Å². The van der Waals surface area contributed by atoms with Gasteiger partial charge in [0.15, 0.2) is 5.69 Å². The van der Waals surface area contributed by atoms with Crippen LogP contribution in [0.2, 0.25) is 0 Å². The number of benzene rings is 2. The molecule has 152 valence electrons. The van der Waals surface area contributed by atoms with Crippen LogP contribution in [0.4, 0.5) is 23.2 Å². The summed E-state index contributed by atoms with van der Waals surface area (Å²) in [4.78, 5) is 13.9. The minimum atomic E-state index is -4.94. The molecule has 1 amide bonds. The van der Waals surface area contributed by atoms with E-state index in [-0.39, 0.29) is 5.69 Å². The molecule has 2 aromatic heterocycles. The van der Waals surface area contributed by atoms with Crippen LogP contribution in [0.1, 0.15) is 16.1 Å². The predicted molar refractivity (Wildman–Crippen MR) is 97.8 cm³/mol. The predicted octanol–water partition coefficient (Wildman–Crippen LogP) is 3.86. The van der Waals surface area contributed by atoms with Crippen LogP contribution in [-0.2, 0) is 6.18 Å². The van der Waals surface area contributed by atoms with E-state index >= 15 is 0 Å². The van der Waals surface area contributed by atoms with Crippen molar-refractivity contribution in [2.45, 2.75) is 6.18 Å². The highest BCUT2D eigenvalue weighted by atomic mass is 19.4. The molecule has 30 heavy (non-hydrogen) atoms. The number of para-hydroxylation sites is 1. The normalized spacial score (nSPS) is 11.5. The average molecular weight is 416 g/mol. The number of anilines is 1. The number of carbonyl (C=O) groups excluding carboxylic acids is 1. The topological polar surface area (TPSA) is 77.6 Å². The second kappa shape index (κ2) is 7.43. The first-order valence-electron chi connectivity index (χ1n) is 8.53. The largest absolute Gasteiger partial charge is 0.434 e. The minimum absolute atomic E-state index is 0.252. The number of hydrogen-bond acceptors (Lipinski definition) is 4. The Bertz CT molecular complexity index is 1180. The van der Waals surface area contributed by atoms with Crippen molar-refractivity contribution < 1.29 is 22.4 Å². The van der Waals surface area contributed by atoms with E-state index in [1.165, 1.54) is 41.5 Å². The van der Waals surface area contributed by atoms with Crippen LogP contribution in [-0.4, -0.2) is 30.7 Å². The summed E-state index contributed by atoms with van der Waals surface area (Å²) in [5.41, 5.74) is -1.67. The zero-order chi connectivity index (χ0) is 21.3. The second-order valence-electron chi connectivity index (χ2n) is 6.09. The monoisotopic (exact) mass is 416 g/mol. The highest BCUT2D eigenvalue weighted by molar-refractivity contribution is 6.05. The van der Waals surface area contributed by atoms with Crippen molar-refractivity contribution in [1.82, 2.24) is 24.8 Å². The number of nitrogens with zero attached hydrogens (tertiary/aromatic N) is 5. The Morgan fingerprint density at radius 2 is 1.60 bits per heavy atom. The summed E-state index contributed by atoms with van der Waals surface area (Å²) in [5.74, 6) is -1.93. The van der Waals surface area contributed by atoms with Crippen molar-refractivity contribution in [2.75, 3.05) is 5.32 Å². The van der Waals surface area contributed by atoms with E-state index in [1.807, 2.05) is 0 Å². The van der Waals surface area contributed by atoms with Gasteiger partial charge in [0.25, 0.3) is 5.91 Å². The molecular formula is C19H12F4N6O. The molecule has 2 aromatic carbocycles. The molecule has 0 fully saturated rings. The molecule has 0 saturated heterocycles. The molecule has 4 rings (SSSR count). The summed E-state index contributed by atoms with van der Waals surface area (Å²) in [6, 6.07) is 11.0. The van der Waals surface area contributed by atoms with Gasteiger partial charge in [-0.2, -0.15) is 33.3 Å².